The summed E-state index contributed by atoms with van der Waals surface area (Å²) in [4.78, 5) is 39.8. The second kappa shape index (κ2) is 7.68. The van der Waals surface area contributed by atoms with Gasteiger partial charge in [0.15, 0.2) is 5.78 Å². The van der Waals surface area contributed by atoms with Gasteiger partial charge in [-0.3, -0.25) is 9.59 Å². The van der Waals surface area contributed by atoms with Crippen molar-refractivity contribution in [2.24, 2.45) is 0 Å². The largest absolute Gasteiger partial charge is 0.422 e. The fourth-order valence-corrected chi connectivity index (χ4v) is 3.62. The summed E-state index contributed by atoms with van der Waals surface area (Å²) >= 11 is 6.13. The molecule has 2 heterocycles. The van der Waals surface area contributed by atoms with E-state index in [-0.39, 0.29) is 17.0 Å². The van der Waals surface area contributed by atoms with E-state index in [4.69, 9.17) is 16.0 Å². The molecule has 146 valence electrons. The van der Waals surface area contributed by atoms with E-state index in [0.717, 1.165) is 18.5 Å². The van der Waals surface area contributed by atoms with Gasteiger partial charge in [-0.25, -0.2) is 4.79 Å². The van der Waals surface area contributed by atoms with Gasteiger partial charge in [-0.2, -0.15) is 0 Å². The van der Waals surface area contributed by atoms with E-state index in [1.807, 2.05) is 6.92 Å². The molecule has 0 saturated carbocycles. The van der Waals surface area contributed by atoms with E-state index in [2.05, 4.69) is 0 Å². The third-order valence-corrected chi connectivity index (χ3v) is 5.17. The molecule has 0 fully saturated rings. The molecule has 0 radical (unpaired) electrons. The number of halogens is 1. The first-order valence-corrected chi connectivity index (χ1v) is 9.78. The number of benzene rings is 2. The van der Waals surface area contributed by atoms with Crippen molar-refractivity contribution in [2.45, 2.75) is 19.8 Å². The molecular weight excluding hydrogens is 390 g/mol. The van der Waals surface area contributed by atoms with Crippen LogP contribution in [0.25, 0.3) is 16.5 Å². The van der Waals surface area contributed by atoms with Crippen molar-refractivity contribution < 1.29 is 14.0 Å². The van der Waals surface area contributed by atoms with Crippen LogP contribution >= 0.6 is 11.6 Å². The summed E-state index contributed by atoms with van der Waals surface area (Å²) in [6, 6.07) is 13.6. The summed E-state index contributed by atoms with van der Waals surface area (Å²) < 4.78 is 5.25. The van der Waals surface area contributed by atoms with Crippen molar-refractivity contribution in [3.63, 3.8) is 0 Å². The Balaban J connectivity index is 1.79. The van der Waals surface area contributed by atoms with E-state index < -0.39 is 11.4 Å². The van der Waals surface area contributed by atoms with Crippen molar-refractivity contribution >= 4 is 45.5 Å². The van der Waals surface area contributed by atoms with E-state index in [1.165, 1.54) is 12.1 Å². The second-order valence-corrected chi connectivity index (χ2v) is 7.32. The van der Waals surface area contributed by atoms with Gasteiger partial charge in [0.25, 0.3) is 5.91 Å². The van der Waals surface area contributed by atoms with Crippen LogP contribution in [0, 0.1) is 0 Å². The molecule has 4 rings (SSSR count). The number of carbonyl (C=O) groups is 2. The molecule has 1 aliphatic rings. The topological polar surface area (TPSA) is 67.6 Å². The van der Waals surface area contributed by atoms with Crippen molar-refractivity contribution in [3.05, 3.63) is 81.2 Å². The van der Waals surface area contributed by atoms with Crippen LogP contribution in [0.1, 0.15) is 35.7 Å². The maximum absolute atomic E-state index is 13.0. The number of ketones is 1. The lowest BCUT2D eigenvalue weighted by Gasteiger charge is -2.16. The molecule has 6 heteroatoms. The molecule has 5 nitrogen and oxygen atoms in total. The van der Waals surface area contributed by atoms with Gasteiger partial charge in [-0.1, -0.05) is 43.1 Å². The molecule has 0 atom stereocenters. The molecule has 0 aliphatic carbocycles. The summed E-state index contributed by atoms with van der Waals surface area (Å²) in [5.41, 5.74) is 1.11. The zero-order chi connectivity index (χ0) is 20.5. The number of fused-ring (bicyclic) bond motifs is 2. The lowest BCUT2D eigenvalue weighted by molar-refractivity contribution is -0.113. The van der Waals surface area contributed by atoms with Crippen molar-refractivity contribution in [2.75, 3.05) is 11.4 Å². The van der Waals surface area contributed by atoms with Gasteiger partial charge >= 0.3 is 5.63 Å². The predicted octanol–water partition coefficient (Wildman–Crippen LogP) is 4.86. The fourth-order valence-electron chi connectivity index (χ4n) is 3.45. The Morgan fingerprint density at radius 3 is 2.72 bits per heavy atom. The van der Waals surface area contributed by atoms with Crippen molar-refractivity contribution in [1.29, 1.82) is 0 Å². The minimum Gasteiger partial charge on any atom is -0.422 e. The highest BCUT2D eigenvalue weighted by Crippen LogP contribution is 2.38. The van der Waals surface area contributed by atoms with Gasteiger partial charge < -0.3 is 9.32 Å². The van der Waals surface area contributed by atoms with Crippen LogP contribution in [0.5, 0.6) is 0 Å². The zero-order valence-corrected chi connectivity index (χ0v) is 16.5. The molecule has 1 amide bonds. The van der Waals surface area contributed by atoms with E-state index >= 15 is 0 Å². The first-order valence-electron chi connectivity index (χ1n) is 9.40. The molecule has 0 spiro atoms. The molecule has 0 bridgehead atoms. The fraction of sp³-hybridized carbons (Fsp3) is 0.174. The number of hydrogen-bond donors (Lipinski definition) is 0. The standard InChI is InChI=1S/C23H18ClNO4/c1-2-3-10-25-19-9-8-15(24)12-16(19)17(22(25)27)13-20(26)18-11-14-6-4-5-7-21(14)29-23(18)28/h4-9,11-13H,2-3,10H2,1H3/b17-13-. The number of nitrogens with zero attached hydrogens (tertiary/aromatic N) is 1. The van der Waals surface area contributed by atoms with Crippen molar-refractivity contribution in [3.8, 4) is 0 Å². The number of anilines is 1. The average molecular weight is 408 g/mol. The maximum atomic E-state index is 13.0. The molecule has 1 aliphatic heterocycles. The van der Waals surface area contributed by atoms with Crippen LogP contribution in [-0.2, 0) is 4.79 Å². The number of rotatable bonds is 5. The van der Waals surface area contributed by atoms with Gasteiger partial charge in [-0.15, -0.1) is 0 Å². The smallest absolute Gasteiger partial charge is 0.347 e. The summed E-state index contributed by atoms with van der Waals surface area (Å²) in [6.45, 7) is 2.59. The summed E-state index contributed by atoms with van der Waals surface area (Å²) in [6.07, 6.45) is 2.98. The molecule has 1 aromatic heterocycles. The van der Waals surface area contributed by atoms with E-state index in [0.29, 0.717) is 28.1 Å². The summed E-state index contributed by atoms with van der Waals surface area (Å²) in [5.74, 6) is -0.842. The molecular formula is C23H18ClNO4. The Hall–Kier alpha value is -3.18. The summed E-state index contributed by atoms with van der Waals surface area (Å²) in [5, 5.41) is 1.11. The Labute approximate surface area is 172 Å². The quantitative estimate of drug-likeness (QED) is 0.344. The summed E-state index contributed by atoms with van der Waals surface area (Å²) in [7, 11) is 0. The molecule has 0 N–H and O–H groups in total. The van der Waals surface area contributed by atoms with Crippen LogP contribution in [0.4, 0.5) is 5.69 Å². The molecule has 3 aromatic rings. The number of hydrogen-bond acceptors (Lipinski definition) is 4. The second-order valence-electron chi connectivity index (χ2n) is 6.88. The van der Waals surface area contributed by atoms with E-state index in [1.54, 1.807) is 47.4 Å². The van der Waals surface area contributed by atoms with Crippen LogP contribution in [-0.4, -0.2) is 18.2 Å². The third-order valence-electron chi connectivity index (χ3n) is 4.93. The zero-order valence-electron chi connectivity index (χ0n) is 15.8. The van der Waals surface area contributed by atoms with Gasteiger partial charge in [0, 0.05) is 22.5 Å². The molecule has 2 aromatic carbocycles. The Morgan fingerprint density at radius 1 is 1.14 bits per heavy atom. The van der Waals surface area contributed by atoms with E-state index in [9.17, 15) is 14.4 Å². The third kappa shape index (κ3) is 3.49. The first-order chi connectivity index (χ1) is 14.0. The maximum Gasteiger partial charge on any atom is 0.347 e. The van der Waals surface area contributed by atoms with Gasteiger partial charge in [-0.05, 0) is 42.8 Å². The van der Waals surface area contributed by atoms with Gasteiger partial charge in [0.1, 0.15) is 11.1 Å². The van der Waals surface area contributed by atoms with Gasteiger partial charge in [0.05, 0.1) is 11.3 Å². The Morgan fingerprint density at radius 2 is 1.93 bits per heavy atom. The average Bonchev–Trinajstić information content (AvgIpc) is 2.96. The van der Waals surface area contributed by atoms with Crippen LogP contribution in [0.2, 0.25) is 5.02 Å². The number of carbonyl (C=O) groups excluding carboxylic acids is 2. The molecule has 0 saturated heterocycles. The highest BCUT2D eigenvalue weighted by molar-refractivity contribution is 6.37. The van der Waals surface area contributed by atoms with Crippen LogP contribution in [0.3, 0.4) is 0 Å². The Bertz CT molecular complexity index is 1230. The van der Waals surface area contributed by atoms with Crippen LogP contribution in [0.15, 0.2) is 63.8 Å². The Kier molecular flexibility index (Phi) is 5.07. The minimum absolute atomic E-state index is 0.111. The minimum atomic E-state index is -0.731. The predicted molar refractivity (Wildman–Crippen MR) is 114 cm³/mol. The normalized spacial score (nSPS) is 14.6. The lowest BCUT2D eigenvalue weighted by Crippen LogP contribution is -2.27. The van der Waals surface area contributed by atoms with Crippen molar-refractivity contribution in [1.82, 2.24) is 0 Å². The highest BCUT2D eigenvalue weighted by atomic mass is 35.5. The number of para-hydroxylation sites is 1. The first kappa shape index (κ1) is 19.2. The molecule has 29 heavy (non-hydrogen) atoms. The number of unbranched alkanes of at least 4 members (excludes halogenated alkanes) is 1. The number of amides is 1. The molecule has 0 unspecified atom stereocenters. The monoisotopic (exact) mass is 407 g/mol. The highest BCUT2D eigenvalue weighted by Gasteiger charge is 2.33. The lowest BCUT2D eigenvalue weighted by atomic mass is 10.0. The van der Waals surface area contributed by atoms with Crippen LogP contribution < -0.4 is 10.5 Å². The number of allylic oxidation sites excluding steroid dienone is 1. The van der Waals surface area contributed by atoms with Gasteiger partial charge in [0.2, 0.25) is 0 Å². The SMILES string of the molecule is CCCCN1C(=O)/C(=C\C(=O)c2cc3ccccc3oc2=O)c2cc(Cl)ccc21.